The van der Waals surface area contributed by atoms with Gasteiger partial charge in [-0.1, -0.05) is 12.1 Å². The fourth-order valence-electron chi connectivity index (χ4n) is 3.85. The van der Waals surface area contributed by atoms with Gasteiger partial charge in [-0.05, 0) is 44.5 Å². The summed E-state index contributed by atoms with van der Waals surface area (Å²) < 4.78 is 1.77. The van der Waals surface area contributed by atoms with Crippen molar-refractivity contribution in [1.29, 1.82) is 0 Å². The zero-order chi connectivity index (χ0) is 16.5. The summed E-state index contributed by atoms with van der Waals surface area (Å²) in [5.41, 5.74) is 1.66. The second-order valence-corrected chi connectivity index (χ2v) is 6.69. The Morgan fingerprint density at radius 2 is 2.12 bits per heavy atom. The van der Waals surface area contributed by atoms with Crippen molar-refractivity contribution in [3.05, 3.63) is 42.7 Å². The lowest BCUT2D eigenvalue weighted by Crippen LogP contribution is -2.57. The highest BCUT2D eigenvalue weighted by Crippen LogP contribution is 2.26. The van der Waals surface area contributed by atoms with Gasteiger partial charge in [0.15, 0.2) is 0 Å². The van der Waals surface area contributed by atoms with Gasteiger partial charge < -0.3 is 10.2 Å². The number of urea groups is 1. The lowest BCUT2D eigenvalue weighted by atomic mass is 10.1. The Hall–Kier alpha value is -2.34. The number of hydrogen-bond acceptors (Lipinski definition) is 3. The van der Waals surface area contributed by atoms with Crippen LogP contribution in [0.5, 0.6) is 0 Å². The van der Waals surface area contributed by atoms with Gasteiger partial charge in [-0.25, -0.2) is 9.48 Å². The van der Waals surface area contributed by atoms with Crippen molar-refractivity contribution in [1.82, 2.24) is 19.6 Å². The van der Waals surface area contributed by atoms with E-state index in [2.05, 4.69) is 22.2 Å². The third-order valence-corrected chi connectivity index (χ3v) is 5.10. The summed E-state index contributed by atoms with van der Waals surface area (Å²) in [5, 5.41) is 7.36. The number of fused-ring (bicyclic) bond motifs is 1. The topological polar surface area (TPSA) is 53.4 Å². The van der Waals surface area contributed by atoms with Gasteiger partial charge in [-0.15, -0.1) is 0 Å². The van der Waals surface area contributed by atoms with E-state index in [1.807, 2.05) is 41.4 Å². The van der Waals surface area contributed by atoms with E-state index >= 15 is 0 Å². The number of benzene rings is 1. The fraction of sp³-hybridized carbons (Fsp3) is 0.444. The molecule has 2 aliphatic heterocycles. The molecule has 2 amide bonds. The molecule has 0 spiro atoms. The summed E-state index contributed by atoms with van der Waals surface area (Å²) in [6.07, 6.45) is 6.06. The van der Waals surface area contributed by atoms with Crippen molar-refractivity contribution in [2.24, 2.45) is 0 Å². The van der Waals surface area contributed by atoms with Crippen LogP contribution in [0, 0.1) is 0 Å². The standard InChI is InChI=1S/C18H23N5O/c1-14-12-21-10-4-6-15(21)13-22(14)18(24)20-16-7-2-3-8-17(16)23-11-5-9-19-23/h2-3,5,7-9,11,14-15H,4,6,10,12-13H2,1H3,(H,20,24). The lowest BCUT2D eigenvalue weighted by Gasteiger charge is -2.42. The number of carbonyl (C=O) groups is 1. The first-order chi connectivity index (χ1) is 11.7. The Morgan fingerprint density at radius 1 is 1.25 bits per heavy atom. The number of aromatic nitrogens is 2. The van der Waals surface area contributed by atoms with E-state index in [-0.39, 0.29) is 12.1 Å². The number of amides is 2. The van der Waals surface area contributed by atoms with Gasteiger partial charge in [0.25, 0.3) is 0 Å². The third-order valence-electron chi connectivity index (χ3n) is 5.10. The van der Waals surface area contributed by atoms with Crippen LogP contribution in [0.15, 0.2) is 42.7 Å². The number of nitrogens with zero attached hydrogens (tertiary/aromatic N) is 4. The predicted molar refractivity (Wildman–Crippen MR) is 93.3 cm³/mol. The zero-order valence-electron chi connectivity index (χ0n) is 13.9. The van der Waals surface area contributed by atoms with Crippen molar-refractivity contribution in [3.8, 4) is 5.69 Å². The van der Waals surface area contributed by atoms with Gasteiger partial charge in [0.05, 0.1) is 11.4 Å². The van der Waals surface area contributed by atoms with Crippen molar-refractivity contribution in [3.63, 3.8) is 0 Å². The highest BCUT2D eigenvalue weighted by molar-refractivity contribution is 5.91. The molecule has 2 unspecified atom stereocenters. The van der Waals surface area contributed by atoms with E-state index in [4.69, 9.17) is 0 Å². The Morgan fingerprint density at radius 3 is 2.96 bits per heavy atom. The number of anilines is 1. The van der Waals surface area contributed by atoms with Gasteiger partial charge in [0, 0.05) is 37.6 Å². The maximum atomic E-state index is 12.9. The summed E-state index contributed by atoms with van der Waals surface area (Å²) in [7, 11) is 0. The van der Waals surface area contributed by atoms with Crippen molar-refractivity contribution in [2.45, 2.75) is 31.8 Å². The second kappa shape index (κ2) is 6.28. The summed E-state index contributed by atoms with van der Waals surface area (Å²) in [5.74, 6) is 0. The van der Waals surface area contributed by atoms with Gasteiger partial charge in [-0.3, -0.25) is 4.90 Å². The highest BCUT2D eigenvalue weighted by Gasteiger charge is 2.36. The molecule has 2 saturated heterocycles. The van der Waals surface area contributed by atoms with E-state index in [1.165, 1.54) is 19.4 Å². The van der Waals surface area contributed by atoms with E-state index in [0.29, 0.717) is 6.04 Å². The average molecular weight is 325 g/mol. The Bertz CT molecular complexity index is 714. The molecule has 2 aromatic rings. The van der Waals surface area contributed by atoms with Crippen molar-refractivity contribution >= 4 is 11.7 Å². The van der Waals surface area contributed by atoms with Crippen LogP contribution in [0.3, 0.4) is 0 Å². The monoisotopic (exact) mass is 325 g/mol. The van der Waals surface area contributed by atoms with Crippen LogP contribution >= 0.6 is 0 Å². The minimum Gasteiger partial charge on any atom is -0.319 e. The lowest BCUT2D eigenvalue weighted by molar-refractivity contribution is 0.0861. The molecular formula is C18H23N5O. The third kappa shape index (κ3) is 2.78. The summed E-state index contributed by atoms with van der Waals surface area (Å²) in [4.78, 5) is 17.4. The van der Waals surface area contributed by atoms with Gasteiger partial charge in [-0.2, -0.15) is 5.10 Å². The summed E-state index contributed by atoms with van der Waals surface area (Å²) >= 11 is 0. The largest absolute Gasteiger partial charge is 0.322 e. The van der Waals surface area contributed by atoms with Crippen molar-refractivity contribution in [2.75, 3.05) is 25.0 Å². The van der Waals surface area contributed by atoms with Gasteiger partial charge >= 0.3 is 6.03 Å². The molecule has 0 saturated carbocycles. The first kappa shape index (κ1) is 15.2. The molecule has 2 aliphatic rings. The SMILES string of the molecule is CC1CN2CCCC2CN1C(=O)Nc1ccccc1-n1cccn1. The highest BCUT2D eigenvalue weighted by atomic mass is 16.2. The predicted octanol–water partition coefficient (Wildman–Crippen LogP) is 2.57. The van der Waals surface area contributed by atoms with Crippen LogP contribution in [-0.2, 0) is 0 Å². The quantitative estimate of drug-likeness (QED) is 0.923. The second-order valence-electron chi connectivity index (χ2n) is 6.69. The first-order valence-corrected chi connectivity index (χ1v) is 8.63. The van der Waals surface area contributed by atoms with Crippen LogP contribution in [0.2, 0.25) is 0 Å². The van der Waals surface area contributed by atoms with Crippen LogP contribution in [0.25, 0.3) is 5.69 Å². The van der Waals surface area contributed by atoms with Crippen LogP contribution in [0.1, 0.15) is 19.8 Å². The molecule has 1 N–H and O–H groups in total. The molecule has 6 heteroatoms. The van der Waals surface area contributed by atoms with E-state index in [1.54, 1.807) is 10.9 Å². The molecule has 24 heavy (non-hydrogen) atoms. The Balaban J connectivity index is 1.52. The number of piperazine rings is 1. The smallest absolute Gasteiger partial charge is 0.319 e. The molecule has 4 rings (SSSR count). The maximum Gasteiger partial charge on any atom is 0.322 e. The molecule has 2 atom stereocenters. The minimum atomic E-state index is -0.0198. The first-order valence-electron chi connectivity index (χ1n) is 8.63. The summed E-state index contributed by atoms with van der Waals surface area (Å²) in [6, 6.07) is 10.4. The van der Waals surface area contributed by atoms with E-state index in [0.717, 1.165) is 24.5 Å². The van der Waals surface area contributed by atoms with Crippen LogP contribution in [-0.4, -0.2) is 57.3 Å². The minimum absolute atomic E-state index is 0.0198. The van der Waals surface area contributed by atoms with Crippen LogP contribution < -0.4 is 5.32 Å². The molecule has 0 bridgehead atoms. The zero-order valence-corrected chi connectivity index (χ0v) is 13.9. The normalized spacial score (nSPS) is 24.0. The molecule has 3 heterocycles. The van der Waals surface area contributed by atoms with Gasteiger partial charge in [0.2, 0.25) is 0 Å². The Labute approximate surface area is 142 Å². The van der Waals surface area contributed by atoms with Gasteiger partial charge in [0.1, 0.15) is 0 Å². The van der Waals surface area contributed by atoms with Crippen molar-refractivity contribution < 1.29 is 4.79 Å². The van der Waals surface area contributed by atoms with Crippen LogP contribution in [0.4, 0.5) is 10.5 Å². The number of carbonyl (C=O) groups excluding carboxylic acids is 1. The molecule has 1 aromatic heterocycles. The number of nitrogens with one attached hydrogen (secondary N) is 1. The molecule has 1 aromatic carbocycles. The van der Waals surface area contributed by atoms with E-state index in [9.17, 15) is 4.79 Å². The average Bonchev–Trinajstić information content (AvgIpc) is 3.25. The number of para-hydroxylation sites is 2. The fourth-order valence-corrected chi connectivity index (χ4v) is 3.85. The molecule has 6 nitrogen and oxygen atoms in total. The Kier molecular flexibility index (Phi) is 3.98. The summed E-state index contributed by atoms with van der Waals surface area (Å²) in [6.45, 7) is 5.09. The molecule has 0 aliphatic carbocycles. The molecule has 126 valence electrons. The molecule has 2 fully saturated rings. The number of hydrogen-bond donors (Lipinski definition) is 1. The number of rotatable bonds is 2. The maximum absolute atomic E-state index is 12.9. The van der Waals surface area contributed by atoms with E-state index < -0.39 is 0 Å². The molecular weight excluding hydrogens is 302 g/mol. The molecule has 0 radical (unpaired) electrons.